The van der Waals surface area contributed by atoms with E-state index in [2.05, 4.69) is 0 Å². The van der Waals surface area contributed by atoms with Crippen LogP contribution in [0.3, 0.4) is 0 Å². The first-order valence-electron chi connectivity index (χ1n) is 6.79. The topological polar surface area (TPSA) is 130 Å². The number of hydrogen-bond donors (Lipinski definition) is 0. The van der Waals surface area contributed by atoms with Crippen LogP contribution in [0.15, 0.2) is 35.4 Å². The standard InChI is InChI=1S/C16H18O7.3Na/c1-9(2)14(16(21)22)12(15(19)20)7-10-3-5-11(6-4-10)23-8-13(17)18;;;/h3-6,9H,7-8H2,1-2H3,(H,17,18)(H,19,20)(H,21,22);;;/q;3*+1/p-3/b14-12-;;;. The first kappa shape index (κ1) is 30.9. The fourth-order valence-corrected chi connectivity index (χ4v) is 2.03. The quantitative estimate of drug-likeness (QED) is 0.319. The van der Waals surface area contributed by atoms with E-state index in [1.165, 1.54) is 24.3 Å². The predicted octanol–water partition coefficient (Wildman–Crippen LogP) is -11.2. The maximum Gasteiger partial charge on any atom is 1.00 e. The molecular formula is C16H15Na3O7. The molecule has 124 valence electrons. The van der Waals surface area contributed by atoms with Gasteiger partial charge in [-0.3, -0.25) is 0 Å². The molecule has 0 radical (unpaired) electrons. The van der Waals surface area contributed by atoms with Gasteiger partial charge in [0.25, 0.3) is 0 Å². The SMILES string of the molecule is CC(C)/C(C(=O)[O-])=C(\Cc1ccc(OCC(=O)[O-])cc1)C(=O)[O-].[Na+].[Na+].[Na+]. The van der Waals surface area contributed by atoms with Crippen molar-refractivity contribution in [3.8, 4) is 5.75 Å². The molecule has 26 heavy (non-hydrogen) atoms. The molecule has 1 rings (SSSR count). The monoisotopic (exact) mass is 388 g/mol. The molecule has 0 N–H and O–H groups in total. The first-order chi connectivity index (χ1) is 10.7. The molecule has 0 aromatic heterocycles. The van der Waals surface area contributed by atoms with Crippen LogP contribution in [-0.4, -0.2) is 24.5 Å². The summed E-state index contributed by atoms with van der Waals surface area (Å²) in [5.41, 5.74) is -0.171. The molecule has 0 fully saturated rings. The average Bonchev–Trinajstić information content (AvgIpc) is 2.44. The third kappa shape index (κ3) is 10.5. The molecule has 0 heterocycles. The summed E-state index contributed by atoms with van der Waals surface area (Å²) in [4.78, 5) is 32.7. The summed E-state index contributed by atoms with van der Waals surface area (Å²) >= 11 is 0. The van der Waals surface area contributed by atoms with Gasteiger partial charge in [-0.05, 0) is 41.2 Å². The number of carbonyl (C=O) groups is 3. The fourth-order valence-electron chi connectivity index (χ4n) is 2.03. The number of aliphatic carboxylic acids is 3. The van der Waals surface area contributed by atoms with Gasteiger partial charge >= 0.3 is 88.7 Å². The van der Waals surface area contributed by atoms with E-state index in [4.69, 9.17) is 4.74 Å². The van der Waals surface area contributed by atoms with Crippen molar-refractivity contribution in [2.24, 2.45) is 5.92 Å². The number of benzene rings is 1. The van der Waals surface area contributed by atoms with Crippen LogP contribution in [0.1, 0.15) is 19.4 Å². The van der Waals surface area contributed by atoms with Gasteiger partial charge in [0.1, 0.15) is 12.4 Å². The van der Waals surface area contributed by atoms with Crippen LogP contribution in [0.25, 0.3) is 0 Å². The summed E-state index contributed by atoms with van der Waals surface area (Å²) in [6, 6.07) is 5.89. The van der Waals surface area contributed by atoms with E-state index in [-0.39, 0.29) is 112 Å². The Hall–Kier alpha value is 0.170. The van der Waals surface area contributed by atoms with Crippen molar-refractivity contribution in [2.45, 2.75) is 20.3 Å². The summed E-state index contributed by atoms with van der Waals surface area (Å²) in [7, 11) is 0. The molecule has 10 heteroatoms. The van der Waals surface area contributed by atoms with Crippen LogP contribution in [-0.2, 0) is 20.8 Å². The molecule has 1 aromatic carbocycles. The molecular weight excluding hydrogens is 373 g/mol. The average molecular weight is 388 g/mol. The van der Waals surface area contributed by atoms with Gasteiger partial charge in [-0.15, -0.1) is 0 Å². The van der Waals surface area contributed by atoms with Crippen LogP contribution >= 0.6 is 0 Å². The molecule has 7 nitrogen and oxygen atoms in total. The third-order valence-corrected chi connectivity index (χ3v) is 3.03. The molecule has 0 aliphatic rings. The van der Waals surface area contributed by atoms with E-state index in [1.807, 2.05) is 0 Å². The van der Waals surface area contributed by atoms with Gasteiger partial charge < -0.3 is 34.4 Å². The summed E-state index contributed by atoms with van der Waals surface area (Å²) in [6.45, 7) is 2.49. The van der Waals surface area contributed by atoms with E-state index in [0.717, 1.165) is 0 Å². The molecule has 0 bridgehead atoms. The van der Waals surface area contributed by atoms with Crippen molar-refractivity contribution >= 4 is 17.9 Å². The first-order valence-corrected chi connectivity index (χ1v) is 6.79. The number of carboxylic acids is 3. The van der Waals surface area contributed by atoms with E-state index < -0.39 is 30.4 Å². The van der Waals surface area contributed by atoms with Gasteiger partial charge in [-0.25, -0.2) is 0 Å². The molecule has 0 amide bonds. The fraction of sp³-hybridized carbons (Fsp3) is 0.312. The summed E-state index contributed by atoms with van der Waals surface area (Å²) in [6.07, 6.45) is -0.162. The Morgan fingerprint density at radius 2 is 1.42 bits per heavy atom. The van der Waals surface area contributed by atoms with Crippen LogP contribution < -0.4 is 109 Å². The number of carboxylic acid groups (broad SMARTS) is 3. The molecule has 0 spiro atoms. The molecule has 0 aliphatic heterocycles. The van der Waals surface area contributed by atoms with Crippen molar-refractivity contribution in [3.63, 3.8) is 0 Å². The van der Waals surface area contributed by atoms with Crippen molar-refractivity contribution in [3.05, 3.63) is 41.0 Å². The zero-order valence-electron chi connectivity index (χ0n) is 15.7. The van der Waals surface area contributed by atoms with Crippen molar-refractivity contribution in [1.82, 2.24) is 0 Å². The Labute approximate surface area is 218 Å². The van der Waals surface area contributed by atoms with Crippen molar-refractivity contribution in [1.29, 1.82) is 0 Å². The summed E-state index contributed by atoms with van der Waals surface area (Å²) in [5, 5.41) is 32.7. The minimum atomic E-state index is -1.57. The van der Waals surface area contributed by atoms with Gasteiger partial charge in [0.05, 0.1) is 17.9 Å². The van der Waals surface area contributed by atoms with Gasteiger partial charge in [-0.1, -0.05) is 26.0 Å². The third-order valence-electron chi connectivity index (χ3n) is 3.03. The smallest absolute Gasteiger partial charge is 0.546 e. The number of carbonyl (C=O) groups excluding carboxylic acids is 3. The molecule has 0 aliphatic carbocycles. The molecule has 0 unspecified atom stereocenters. The zero-order valence-corrected chi connectivity index (χ0v) is 21.7. The second-order valence-corrected chi connectivity index (χ2v) is 5.10. The largest absolute Gasteiger partial charge is 1.00 e. The second-order valence-electron chi connectivity index (χ2n) is 5.10. The van der Waals surface area contributed by atoms with Gasteiger partial charge in [-0.2, -0.15) is 0 Å². The Balaban J connectivity index is -0.00000176. The Bertz CT molecular complexity index is 640. The molecule has 1 aromatic rings. The molecule has 0 saturated carbocycles. The maximum absolute atomic E-state index is 11.2. The number of rotatable bonds is 8. The Morgan fingerprint density at radius 1 is 0.923 bits per heavy atom. The van der Waals surface area contributed by atoms with Gasteiger partial charge in [0, 0.05) is 0 Å². The number of hydrogen-bond acceptors (Lipinski definition) is 7. The number of ether oxygens (including phenoxy) is 1. The normalized spacial score (nSPS) is 10.4. The van der Waals surface area contributed by atoms with Crippen LogP contribution in [0.4, 0.5) is 0 Å². The van der Waals surface area contributed by atoms with Crippen LogP contribution in [0.5, 0.6) is 5.75 Å². The molecule has 0 saturated heterocycles. The van der Waals surface area contributed by atoms with Crippen molar-refractivity contribution < 1.29 is 123 Å². The Morgan fingerprint density at radius 3 is 1.77 bits per heavy atom. The minimum Gasteiger partial charge on any atom is -0.546 e. The van der Waals surface area contributed by atoms with E-state index in [0.29, 0.717) is 5.56 Å². The zero-order chi connectivity index (χ0) is 17.6. The minimum absolute atomic E-state index is 0. The summed E-state index contributed by atoms with van der Waals surface area (Å²) in [5.74, 6) is -4.77. The van der Waals surface area contributed by atoms with E-state index in [9.17, 15) is 29.7 Å². The maximum atomic E-state index is 11.2. The van der Waals surface area contributed by atoms with E-state index >= 15 is 0 Å². The van der Waals surface area contributed by atoms with Crippen molar-refractivity contribution in [2.75, 3.05) is 6.61 Å². The van der Waals surface area contributed by atoms with E-state index in [1.54, 1.807) is 13.8 Å². The van der Waals surface area contributed by atoms with Crippen LogP contribution in [0, 0.1) is 5.92 Å². The van der Waals surface area contributed by atoms with Gasteiger partial charge in [0.15, 0.2) is 0 Å². The Kier molecular flexibility index (Phi) is 18.0. The summed E-state index contributed by atoms with van der Waals surface area (Å²) < 4.78 is 4.89. The predicted molar refractivity (Wildman–Crippen MR) is 72.5 cm³/mol. The van der Waals surface area contributed by atoms with Gasteiger partial charge in [0.2, 0.25) is 0 Å². The van der Waals surface area contributed by atoms with Crippen LogP contribution in [0.2, 0.25) is 0 Å². The second kappa shape index (κ2) is 15.1. The molecule has 0 atom stereocenters.